The number of fused-ring (bicyclic) bond motifs is 2. The molecular weight excluding hydrogens is 258 g/mol. The summed E-state index contributed by atoms with van der Waals surface area (Å²) in [6.07, 6.45) is 4.66. The molecule has 20 heavy (non-hydrogen) atoms. The predicted octanol–water partition coefficient (Wildman–Crippen LogP) is 1.19. The van der Waals surface area contributed by atoms with E-state index in [1.165, 1.54) is 0 Å². The Morgan fingerprint density at radius 3 is 2.55 bits per heavy atom. The molecule has 6 heteroatoms. The molecule has 0 unspecified atom stereocenters. The summed E-state index contributed by atoms with van der Waals surface area (Å²) >= 11 is 0. The van der Waals surface area contributed by atoms with Crippen LogP contribution >= 0.6 is 0 Å². The van der Waals surface area contributed by atoms with Gasteiger partial charge in [-0.2, -0.15) is 5.10 Å². The van der Waals surface area contributed by atoms with Gasteiger partial charge in [-0.05, 0) is 25.2 Å². The zero-order valence-electron chi connectivity index (χ0n) is 11.4. The fourth-order valence-corrected chi connectivity index (χ4v) is 3.35. The van der Waals surface area contributed by atoms with E-state index in [4.69, 9.17) is 0 Å². The molecular formula is C14H17N3O3. The number of hydrogen-bond acceptors (Lipinski definition) is 3. The number of aromatic nitrogens is 2. The van der Waals surface area contributed by atoms with E-state index >= 15 is 0 Å². The third-order valence-corrected chi connectivity index (χ3v) is 4.41. The maximum atomic E-state index is 12.4. The summed E-state index contributed by atoms with van der Waals surface area (Å²) in [5.41, 5.74) is 0.933. The molecule has 2 aliphatic rings. The molecule has 1 fully saturated rings. The number of rotatable bonds is 3. The van der Waals surface area contributed by atoms with Crippen LogP contribution in [0.25, 0.3) is 0 Å². The molecule has 1 amide bonds. The second-order valence-electron chi connectivity index (χ2n) is 5.62. The highest BCUT2D eigenvalue weighted by atomic mass is 16.4. The number of aryl methyl sites for hydroxylation is 2. The van der Waals surface area contributed by atoms with Gasteiger partial charge >= 0.3 is 5.97 Å². The van der Waals surface area contributed by atoms with Crippen molar-refractivity contribution in [2.24, 2.45) is 30.7 Å². The minimum atomic E-state index is -0.890. The van der Waals surface area contributed by atoms with Crippen LogP contribution in [0.4, 0.5) is 5.82 Å². The van der Waals surface area contributed by atoms with Crippen LogP contribution in [-0.2, 0) is 16.6 Å². The number of carboxylic acid groups (broad SMARTS) is 1. The Morgan fingerprint density at radius 2 is 2.00 bits per heavy atom. The Bertz CT molecular complexity index is 585. The van der Waals surface area contributed by atoms with E-state index in [1.807, 2.05) is 19.1 Å². The Kier molecular flexibility index (Phi) is 2.88. The van der Waals surface area contributed by atoms with Crippen LogP contribution in [0.3, 0.4) is 0 Å². The van der Waals surface area contributed by atoms with Crippen molar-refractivity contribution in [1.82, 2.24) is 9.78 Å². The van der Waals surface area contributed by atoms with Gasteiger partial charge in [0.2, 0.25) is 5.91 Å². The first kappa shape index (κ1) is 12.9. The molecule has 2 N–H and O–H groups in total. The fourth-order valence-electron chi connectivity index (χ4n) is 3.35. The lowest BCUT2D eigenvalue weighted by Crippen LogP contribution is -2.36. The molecule has 4 atom stereocenters. The Labute approximate surface area is 116 Å². The number of carbonyl (C=O) groups is 2. The van der Waals surface area contributed by atoms with Crippen LogP contribution in [0.15, 0.2) is 18.2 Å². The third-order valence-electron chi connectivity index (χ3n) is 4.41. The van der Waals surface area contributed by atoms with Crippen molar-refractivity contribution >= 4 is 17.7 Å². The van der Waals surface area contributed by atoms with Gasteiger partial charge in [-0.15, -0.1) is 0 Å². The van der Waals surface area contributed by atoms with Gasteiger partial charge < -0.3 is 10.4 Å². The van der Waals surface area contributed by atoms with E-state index in [1.54, 1.807) is 17.8 Å². The number of nitrogens with one attached hydrogen (secondary N) is 1. The number of carboxylic acids is 1. The number of aliphatic carboxylic acids is 1. The molecule has 1 heterocycles. The van der Waals surface area contributed by atoms with Crippen molar-refractivity contribution in [1.29, 1.82) is 0 Å². The van der Waals surface area contributed by atoms with Crippen LogP contribution in [0.1, 0.15) is 12.1 Å². The maximum Gasteiger partial charge on any atom is 0.307 e. The SMILES string of the molecule is Cc1cc(NC(=O)[C@@H]2[C@H](C(=O)O)[C@H]3C=C[C@H]2C3)nn1C. The van der Waals surface area contributed by atoms with Gasteiger partial charge in [0.25, 0.3) is 0 Å². The molecule has 3 rings (SSSR count). The molecule has 0 spiro atoms. The van der Waals surface area contributed by atoms with Crippen LogP contribution in [-0.4, -0.2) is 26.8 Å². The van der Waals surface area contributed by atoms with E-state index in [-0.39, 0.29) is 17.7 Å². The first-order valence-corrected chi connectivity index (χ1v) is 6.70. The lowest BCUT2D eigenvalue weighted by atomic mass is 9.82. The molecule has 0 aliphatic heterocycles. The minimum Gasteiger partial charge on any atom is -0.481 e. The fraction of sp³-hybridized carbons (Fsp3) is 0.500. The highest BCUT2D eigenvalue weighted by Gasteiger charge is 2.51. The summed E-state index contributed by atoms with van der Waals surface area (Å²) in [5.74, 6) is -1.75. The van der Waals surface area contributed by atoms with Gasteiger partial charge in [-0.25, -0.2) is 0 Å². The zero-order valence-corrected chi connectivity index (χ0v) is 11.4. The number of carbonyl (C=O) groups excluding carboxylic acids is 1. The Balaban J connectivity index is 1.79. The van der Waals surface area contributed by atoms with Crippen LogP contribution < -0.4 is 5.32 Å². The third kappa shape index (κ3) is 1.92. The van der Waals surface area contributed by atoms with Crippen molar-refractivity contribution in [3.8, 4) is 0 Å². The van der Waals surface area contributed by atoms with E-state index in [0.717, 1.165) is 12.1 Å². The smallest absolute Gasteiger partial charge is 0.307 e. The van der Waals surface area contributed by atoms with E-state index in [0.29, 0.717) is 5.82 Å². The molecule has 1 saturated carbocycles. The molecule has 1 aromatic rings. The summed E-state index contributed by atoms with van der Waals surface area (Å²) in [6, 6.07) is 1.77. The summed E-state index contributed by atoms with van der Waals surface area (Å²) in [5, 5.41) is 16.3. The first-order chi connectivity index (χ1) is 9.47. The largest absolute Gasteiger partial charge is 0.481 e. The average Bonchev–Trinajstić information content (AvgIpc) is 3.04. The monoisotopic (exact) mass is 275 g/mol. The lowest BCUT2D eigenvalue weighted by molar-refractivity contribution is -0.146. The highest BCUT2D eigenvalue weighted by molar-refractivity contribution is 5.95. The molecule has 0 aromatic carbocycles. The van der Waals surface area contributed by atoms with Crippen LogP contribution in [0.2, 0.25) is 0 Å². The lowest BCUT2D eigenvalue weighted by Gasteiger charge is -2.23. The number of anilines is 1. The standard InChI is InChI=1S/C14H17N3O3/c1-7-5-10(16-17(7)2)15-13(18)11-8-3-4-9(6-8)12(11)14(19)20/h3-5,8-9,11-12H,6H2,1-2H3,(H,19,20)(H,15,16,18)/t8-,9-,11-,12+/m0/s1. The number of hydrogen-bond donors (Lipinski definition) is 2. The molecule has 0 radical (unpaired) electrons. The maximum absolute atomic E-state index is 12.4. The molecule has 2 aliphatic carbocycles. The molecule has 2 bridgehead atoms. The summed E-state index contributed by atoms with van der Waals surface area (Å²) in [4.78, 5) is 23.8. The van der Waals surface area contributed by atoms with Gasteiger partial charge in [0, 0.05) is 18.8 Å². The minimum absolute atomic E-state index is 0.0151. The highest BCUT2D eigenvalue weighted by Crippen LogP contribution is 2.48. The summed E-state index contributed by atoms with van der Waals surface area (Å²) in [7, 11) is 1.80. The van der Waals surface area contributed by atoms with E-state index in [2.05, 4.69) is 10.4 Å². The number of nitrogens with zero attached hydrogens (tertiary/aromatic N) is 2. The van der Waals surface area contributed by atoms with Crippen molar-refractivity contribution in [3.63, 3.8) is 0 Å². The van der Waals surface area contributed by atoms with Crippen LogP contribution in [0.5, 0.6) is 0 Å². The first-order valence-electron chi connectivity index (χ1n) is 6.70. The quantitative estimate of drug-likeness (QED) is 0.812. The van der Waals surface area contributed by atoms with E-state index < -0.39 is 17.8 Å². The number of allylic oxidation sites excluding steroid dienone is 2. The normalized spacial score (nSPS) is 30.7. The molecule has 0 saturated heterocycles. The zero-order chi connectivity index (χ0) is 14.4. The molecule has 106 valence electrons. The van der Waals surface area contributed by atoms with Crippen molar-refractivity contribution < 1.29 is 14.7 Å². The summed E-state index contributed by atoms with van der Waals surface area (Å²) in [6.45, 7) is 1.89. The van der Waals surface area contributed by atoms with Crippen molar-refractivity contribution in [3.05, 3.63) is 23.9 Å². The molecule has 1 aromatic heterocycles. The van der Waals surface area contributed by atoms with Crippen molar-refractivity contribution in [2.45, 2.75) is 13.3 Å². The van der Waals surface area contributed by atoms with Gasteiger partial charge in [0.15, 0.2) is 5.82 Å². The Hall–Kier alpha value is -2.11. The topological polar surface area (TPSA) is 84.2 Å². The summed E-state index contributed by atoms with van der Waals surface area (Å²) < 4.78 is 1.67. The second-order valence-corrected chi connectivity index (χ2v) is 5.62. The van der Waals surface area contributed by atoms with Gasteiger partial charge in [-0.1, -0.05) is 12.2 Å². The average molecular weight is 275 g/mol. The number of amides is 1. The van der Waals surface area contributed by atoms with Gasteiger partial charge in [0.05, 0.1) is 11.8 Å². The molecule has 6 nitrogen and oxygen atoms in total. The predicted molar refractivity (Wildman–Crippen MR) is 71.9 cm³/mol. The van der Waals surface area contributed by atoms with Crippen molar-refractivity contribution in [2.75, 3.05) is 5.32 Å². The Morgan fingerprint density at radius 1 is 1.35 bits per heavy atom. The van der Waals surface area contributed by atoms with Gasteiger partial charge in [0.1, 0.15) is 0 Å². The van der Waals surface area contributed by atoms with Crippen LogP contribution in [0, 0.1) is 30.6 Å². The van der Waals surface area contributed by atoms with E-state index in [9.17, 15) is 14.7 Å². The van der Waals surface area contributed by atoms with Gasteiger partial charge in [-0.3, -0.25) is 14.3 Å². The second kappa shape index (κ2) is 4.47.